The van der Waals surface area contributed by atoms with Crippen molar-refractivity contribution < 1.29 is 14.3 Å². The summed E-state index contributed by atoms with van der Waals surface area (Å²) in [6.45, 7) is 7.03. The lowest BCUT2D eigenvalue weighted by atomic mass is 10.0. The van der Waals surface area contributed by atoms with Crippen LogP contribution in [0.4, 0.5) is 5.69 Å². The average Bonchev–Trinajstić information content (AvgIpc) is 2.55. The van der Waals surface area contributed by atoms with E-state index < -0.39 is 5.60 Å². The van der Waals surface area contributed by atoms with E-state index in [1.807, 2.05) is 29.2 Å². The fourth-order valence-electron chi connectivity index (χ4n) is 3.02. The Hall–Kier alpha value is -2.08. The lowest BCUT2D eigenvalue weighted by molar-refractivity contribution is -0.133. The van der Waals surface area contributed by atoms with Crippen LogP contribution in [0.15, 0.2) is 24.3 Å². The Morgan fingerprint density at radius 1 is 1.26 bits per heavy atom. The summed E-state index contributed by atoms with van der Waals surface area (Å²) >= 11 is 0. The lowest BCUT2D eigenvalue weighted by Crippen LogP contribution is -2.53. The first-order chi connectivity index (χ1) is 11.0. The Bertz CT molecular complexity index is 609. The number of fused-ring (bicyclic) bond motifs is 1. The largest absolute Gasteiger partial charge is 0.476 e. The van der Waals surface area contributed by atoms with Gasteiger partial charge in [-0.1, -0.05) is 12.1 Å². The molecular weight excluding hydrogens is 294 g/mol. The smallest absolute Gasteiger partial charge is 0.270 e. The Labute approximate surface area is 136 Å². The predicted molar refractivity (Wildman–Crippen MR) is 87.6 cm³/mol. The van der Waals surface area contributed by atoms with Gasteiger partial charge in [0.15, 0.2) is 5.60 Å². The number of nitrogens with zero attached hydrogens (tertiary/aromatic N) is 2. The second-order valence-electron chi connectivity index (χ2n) is 6.42. The number of hydrogen-bond acceptors (Lipinski definition) is 4. The maximum Gasteiger partial charge on any atom is 0.270 e. The summed E-state index contributed by atoms with van der Waals surface area (Å²) in [5, 5.41) is 3.23. The summed E-state index contributed by atoms with van der Waals surface area (Å²) in [5.41, 5.74) is -0.170. The fraction of sp³-hybridized carbons (Fsp3) is 0.529. The molecule has 3 rings (SSSR count). The van der Waals surface area contributed by atoms with Crippen molar-refractivity contribution in [3.8, 4) is 5.75 Å². The standard InChI is InChI=1S/C17H23N3O3/c1-17(2)16(22)20(13-5-3-4-6-14(13)23-17)10-7-15(21)19-11-8-18-9-12-19/h3-6,18H,7-12H2,1-2H3. The van der Waals surface area contributed by atoms with Crippen LogP contribution in [0.1, 0.15) is 20.3 Å². The van der Waals surface area contributed by atoms with Crippen molar-refractivity contribution in [1.82, 2.24) is 10.2 Å². The van der Waals surface area contributed by atoms with E-state index in [1.165, 1.54) is 0 Å². The molecule has 0 spiro atoms. The molecule has 1 N–H and O–H groups in total. The van der Waals surface area contributed by atoms with Crippen LogP contribution in [-0.2, 0) is 9.59 Å². The van der Waals surface area contributed by atoms with E-state index in [0.29, 0.717) is 18.7 Å². The van der Waals surface area contributed by atoms with Gasteiger partial charge in [-0.2, -0.15) is 0 Å². The van der Waals surface area contributed by atoms with Crippen molar-refractivity contribution >= 4 is 17.5 Å². The second kappa shape index (κ2) is 6.20. The molecule has 1 fully saturated rings. The second-order valence-corrected chi connectivity index (χ2v) is 6.42. The van der Waals surface area contributed by atoms with Gasteiger partial charge in [-0.15, -0.1) is 0 Å². The van der Waals surface area contributed by atoms with Gasteiger partial charge in [0.2, 0.25) is 5.91 Å². The number of benzene rings is 1. The van der Waals surface area contributed by atoms with Gasteiger partial charge in [0.1, 0.15) is 5.75 Å². The van der Waals surface area contributed by atoms with Crippen molar-refractivity contribution in [2.75, 3.05) is 37.6 Å². The highest BCUT2D eigenvalue weighted by Crippen LogP contribution is 2.37. The van der Waals surface area contributed by atoms with Gasteiger partial charge in [0, 0.05) is 39.1 Å². The van der Waals surface area contributed by atoms with Gasteiger partial charge in [0.25, 0.3) is 5.91 Å². The average molecular weight is 317 g/mol. The summed E-state index contributed by atoms with van der Waals surface area (Å²) in [5.74, 6) is 0.678. The van der Waals surface area contributed by atoms with Crippen molar-refractivity contribution in [2.45, 2.75) is 25.9 Å². The number of hydrogen-bond donors (Lipinski definition) is 1. The lowest BCUT2D eigenvalue weighted by Gasteiger charge is -2.39. The highest BCUT2D eigenvalue weighted by molar-refractivity contribution is 6.02. The van der Waals surface area contributed by atoms with Gasteiger partial charge in [-0.25, -0.2) is 0 Å². The molecule has 1 saturated heterocycles. The van der Waals surface area contributed by atoms with Crippen molar-refractivity contribution in [1.29, 1.82) is 0 Å². The summed E-state index contributed by atoms with van der Waals surface area (Å²) in [4.78, 5) is 28.6. The third-order valence-corrected chi connectivity index (χ3v) is 4.30. The van der Waals surface area contributed by atoms with Crippen LogP contribution in [0.3, 0.4) is 0 Å². The van der Waals surface area contributed by atoms with E-state index in [2.05, 4.69) is 5.32 Å². The van der Waals surface area contributed by atoms with Crippen LogP contribution in [0, 0.1) is 0 Å². The highest BCUT2D eigenvalue weighted by atomic mass is 16.5. The summed E-state index contributed by atoms with van der Waals surface area (Å²) < 4.78 is 5.79. The number of anilines is 1. The Morgan fingerprint density at radius 2 is 1.96 bits per heavy atom. The molecule has 0 aliphatic carbocycles. The minimum atomic E-state index is -0.910. The molecule has 0 bridgehead atoms. The zero-order chi connectivity index (χ0) is 16.4. The monoisotopic (exact) mass is 317 g/mol. The molecule has 2 heterocycles. The quantitative estimate of drug-likeness (QED) is 0.904. The molecule has 124 valence electrons. The maximum absolute atomic E-state index is 12.7. The Balaban J connectivity index is 1.73. The molecule has 1 aromatic rings. The molecular formula is C17H23N3O3. The van der Waals surface area contributed by atoms with Crippen LogP contribution in [0.2, 0.25) is 0 Å². The predicted octanol–water partition coefficient (Wildman–Crippen LogP) is 1.01. The number of piperazine rings is 1. The van der Waals surface area contributed by atoms with Crippen LogP contribution in [0.5, 0.6) is 5.75 Å². The fourth-order valence-corrected chi connectivity index (χ4v) is 3.02. The van der Waals surface area contributed by atoms with Crippen LogP contribution < -0.4 is 15.0 Å². The third-order valence-electron chi connectivity index (χ3n) is 4.30. The molecule has 1 aromatic carbocycles. The summed E-state index contributed by atoms with van der Waals surface area (Å²) in [7, 11) is 0. The number of nitrogens with one attached hydrogen (secondary N) is 1. The molecule has 2 aliphatic heterocycles. The molecule has 6 heteroatoms. The van der Waals surface area contributed by atoms with Gasteiger partial charge >= 0.3 is 0 Å². The Kier molecular flexibility index (Phi) is 4.26. The van der Waals surface area contributed by atoms with Gasteiger partial charge < -0.3 is 19.9 Å². The minimum absolute atomic E-state index is 0.0982. The van der Waals surface area contributed by atoms with E-state index in [4.69, 9.17) is 4.74 Å². The SMILES string of the molecule is CC1(C)Oc2ccccc2N(CCC(=O)N2CCNCC2)C1=O. The van der Waals surface area contributed by atoms with Crippen molar-refractivity contribution in [3.63, 3.8) is 0 Å². The number of para-hydroxylation sites is 2. The van der Waals surface area contributed by atoms with E-state index in [0.717, 1.165) is 31.9 Å². The van der Waals surface area contributed by atoms with Gasteiger partial charge in [0.05, 0.1) is 5.69 Å². The molecule has 0 unspecified atom stereocenters. The minimum Gasteiger partial charge on any atom is -0.476 e. The van der Waals surface area contributed by atoms with E-state index in [-0.39, 0.29) is 11.8 Å². The first-order valence-corrected chi connectivity index (χ1v) is 8.07. The molecule has 2 aliphatic rings. The molecule has 0 atom stereocenters. The summed E-state index contributed by atoms with van der Waals surface area (Å²) in [6.07, 6.45) is 0.330. The van der Waals surface area contributed by atoms with E-state index in [1.54, 1.807) is 18.7 Å². The van der Waals surface area contributed by atoms with Crippen molar-refractivity contribution in [2.24, 2.45) is 0 Å². The van der Waals surface area contributed by atoms with Crippen LogP contribution in [0.25, 0.3) is 0 Å². The molecule has 6 nitrogen and oxygen atoms in total. The van der Waals surface area contributed by atoms with Crippen LogP contribution >= 0.6 is 0 Å². The topological polar surface area (TPSA) is 61.9 Å². The van der Waals surface area contributed by atoms with Gasteiger partial charge in [-0.3, -0.25) is 9.59 Å². The normalized spacial score (nSPS) is 20.0. The number of ether oxygens (including phenoxy) is 1. The molecule has 0 aromatic heterocycles. The van der Waals surface area contributed by atoms with Crippen LogP contribution in [-0.4, -0.2) is 55.0 Å². The van der Waals surface area contributed by atoms with E-state index >= 15 is 0 Å². The number of rotatable bonds is 3. The number of carbonyl (C=O) groups is 2. The third kappa shape index (κ3) is 3.17. The first kappa shape index (κ1) is 15.8. The number of amides is 2. The zero-order valence-corrected chi connectivity index (χ0v) is 13.7. The van der Waals surface area contributed by atoms with Gasteiger partial charge in [-0.05, 0) is 26.0 Å². The number of carbonyl (C=O) groups excluding carboxylic acids is 2. The molecule has 23 heavy (non-hydrogen) atoms. The maximum atomic E-state index is 12.7. The zero-order valence-electron chi connectivity index (χ0n) is 13.7. The highest BCUT2D eigenvalue weighted by Gasteiger charge is 2.40. The molecule has 2 amide bonds. The van der Waals surface area contributed by atoms with E-state index in [9.17, 15) is 9.59 Å². The van der Waals surface area contributed by atoms with Crippen molar-refractivity contribution in [3.05, 3.63) is 24.3 Å². The molecule has 0 radical (unpaired) electrons. The molecule has 0 saturated carbocycles. The Morgan fingerprint density at radius 3 is 2.70 bits per heavy atom. The first-order valence-electron chi connectivity index (χ1n) is 8.07. The summed E-state index contributed by atoms with van der Waals surface area (Å²) in [6, 6.07) is 7.47.